The van der Waals surface area contributed by atoms with Crippen LogP contribution in [-0.2, 0) is 25.8 Å². The summed E-state index contributed by atoms with van der Waals surface area (Å²) in [5.41, 5.74) is 3.74. The zero-order chi connectivity index (χ0) is 27.2. The Balaban J connectivity index is 1.74. The number of rotatable bonds is 5. The van der Waals surface area contributed by atoms with E-state index in [0.717, 1.165) is 23.2 Å². The first kappa shape index (κ1) is 26.2. The predicted octanol–water partition coefficient (Wildman–Crippen LogP) is 4.89. The maximum atomic E-state index is 13.3. The second-order valence-electron chi connectivity index (χ2n) is 10.5. The third-order valence-electron chi connectivity index (χ3n) is 8.03. The number of carbonyl (C=O) groups excluding carboxylic acids is 1. The normalized spacial score (nSPS) is 22.6. The van der Waals surface area contributed by atoms with Crippen molar-refractivity contribution in [3.05, 3.63) is 59.4 Å². The van der Waals surface area contributed by atoms with Gasteiger partial charge in [-0.05, 0) is 63.1 Å². The number of methoxy groups -OCH3 is 1. The summed E-state index contributed by atoms with van der Waals surface area (Å²) < 4.78 is 33.7. The lowest BCUT2D eigenvalue weighted by Crippen LogP contribution is -2.42. The minimum Gasteiger partial charge on any atom is -0.481 e. The van der Waals surface area contributed by atoms with Crippen LogP contribution in [0.25, 0.3) is 11.0 Å². The smallest absolute Gasteiger partial charge is 0.414 e. The van der Waals surface area contributed by atoms with Crippen molar-refractivity contribution in [1.29, 1.82) is 0 Å². The highest BCUT2D eigenvalue weighted by Gasteiger charge is 2.37. The molecule has 1 aliphatic heterocycles. The number of benzene rings is 2. The quantitative estimate of drug-likeness (QED) is 0.490. The van der Waals surface area contributed by atoms with Gasteiger partial charge in [-0.15, -0.1) is 0 Å². The van der Waals surface area contributed by atoms with Crippen LogP contribution < -0.4 is 4.90 Å². The van der Waals surface area contributed by atoms with Crippen LogP contribution >= 0.6 is 0 Å². The highest BCUT2D eigenvalue weighted by molar-refractivity contribution is 7.91. The molecule has 2 atom stereocenters. The number of hydrogen-bond donors (Lipinski definition) is 1. The van der Waals surface area contributed by atoms with Gasteiger partial charge in [-0.2, -0.15) is 0 Å². The fourth-order valence-electron chi connectivity index (χ4n) is 6.16. The number of ether oxygens (including phenoxy) is 1. The van der Waals surface area contributed by atoms with Crippen molar-refractivity contribution in [2.75, 3.05) is 18.3 Å². The van der Waals surface area contributed by atoms with E-state index in [1.165, 1.54) is 13.4 Å². The Kier molecular flexibility index (Phi) is 6.94. The molecular formula is C28H33N3O6S. The number of aromatic nitrogens is 2. The Morgan fingerprint density at radius 2 is 1.74 bits per heavy atom. The van der Waals surface area contributed by atoms with E-state index in [-0.39, 0.29) is 12.1 Å². The molecule has 2 aromatic carbocycles. The summed E-state index contributed by atoms with van der Waals surface area (Å²) in [4.78, 5) is 30.9. The summed E-state index contributed by atoms with van der Waals surface area (Å²) in [6.07, 6.45) is 4.47. The molecule has 0 radical (unpaired) electrons. The van der Waals surface area contributed by atoms with Gasteiger partial charge in [-0.3, -0.25) is 9.69 Å². The van der Waals surface area contributed by atoms with Crippen LogP contribution in [0.5, 0.6) is 0 Å². The number of carboxylic acids is 1. The fourth-order valence-corrected chi connectivity index (χ4v) is 7.36. The van der Waals surface area contributed by atoms with Crippen LogP contribution in [0.4, 0.5) is 10.5 Å². The van der Waals surface area contributed by atoms with Crippen LogP contribution in [0, 0.1) is 5.92 Å². The van der Waals surface area contributed by atoms with Gasteiger partial charge in [0.15, 0.2) is 9.84 Å². The lowest BCUT2D eigenvalue weighted by Gasteiger charge is -2.34. The number of aliphatic carboxylic acids is 1. The number of aryl methyl sites for hydroxylation is 1. The molecule has 9 nitrogen and oxygen atoms in total. The molecule has 202 valence electrons. The van der Waals surface area contributed by atoms with Crippen LogP contribution in [0.1, 0.15) is 67.3 Å². The topological polar surface area (TPSA) is 119 Å². The number of anilines is 1. The second kappa shape index (κ2) is 10.1. The Bertz CT molecular complexity index is 1480. The maximum Gasteiger partial charge on any atom is 0.414 e. The molecule has 1 aliphatic carbocycles. The molecule has 1 unspecified atom stereocenters. The van der Waals surface area contributed by atoms with Crippen molar-refractivity contribution in [2.45, 2.75) is 62.8 Å². The molecule has 38 heavy (non-hydrogen) atoms. The third kappa shape index (κ3) is 4.55. The lowest BCUT2D eigenvalue weighted by atomic mass is 9.85. The maximum absolute atomic E-state index is 13.3. The van der Waals surface area contributed by atoms with Gasteiger partial charge in [0.1, 0.15) is 11.1 Å². The van der Waals surface area contributed by atoms with E-state index in [0.29, 0.717) is 49.0 Å². The van der Waals surface area contributed by atoms with Crippen molar-refractivity contribution in [2.24, 2.45) is 5.92 Å². The fraction of sp³-hybridized carbons (Fsp3) is 0.464. The van der Waals surface area contributed by atoms with Crippen LogP contribution in [0.3, 0.4) is 0 Å². The molecule has 1 N–H and O–H groups in total. The highest BCUT2D eigenvalue weighted by atomic mass is 32.2. The standard InChI is InChI=1S/C28H33N3O6S/c1-17-9-14-21-22(30(17)28(34)37-2)15-16-23-24(21)29-26(25(38(3,35)36)18-7-5-4-6-8-18)31(23)20-12-10-19(11-13-20)27(32)33/h4-8,15-17,19-20,25H,9-14H2,1-3H3,(H,32,33)/t17?,19?,20?,25-/m1/s1. The number of carboxylic acid groups (broad SMARTS) is 1. The zero-order valence-electron chi connectivity index (χ0n) is 21.8. The molecule has 1 aromatic heterocycles. The molecule has 0 bridgehead atoms. The number of nitrogens with zero attached hydrogens (tertiary/aromatic N) is 3. The van der Waals surface area contributed by atoms with Gasteiger partial charge in [-0.1, -0.05) is 30.3 Å². The van der Waals surface area contributed by atoms with Gasteiger partial charge in [0.2, 0.25) is 0 Å². The summed E-state index contributed by atoms with van der Waals surface area (Å²) >= 11 is 0. The largest absolute Gasteiger partial charge is 0.481 e. The number of carbonyl (C=O) groups is 2. The average Bonchev–Trinajstić information content (AvgIpc) is 3.27. The first-order valence-electron chi connectivity index (χ1n) is 13.0. The number of hydrogen-bond acceptors (Lipinski definition) is 6. The van der Waals surface area contributed by atoms with E-state index in [9.17, 15) is 23.1 Å². The van der Waals surface area contributed by atoms with Gasteiger partial charge in [-0.25, -0.2) is 18.2 Å². The van der Waals surface area contributed by atoms with Crippen molar-refractivity contribution in [1.82, 2.24) is 9.55 Å². The Hall–Kier alpha value is -3.40. The highest BCUT2D eigenvalue weighted by Crippen LogP contribution is 2.43. The number of amides is 1. The molecule has 0 spiro atoms. The first-order chi connectivity index (χ1) is 18.1. The van der Waals surface area contributed by atoms with E-state index in [2.05, 4.69) is 0 Å². The van der Waals surface area contributed by atoms with Crippen molar-refractivity contribution in [3.8, 4) is 0 Å². The van der Waals surface area contributed by atoms with Crippen LogP contribution in [0.2, 0.25) is 0 Å². The van der Waals surface area contributed by atoms with Gasteiger partial charge in [0.05, 0.1) is 29.7 Å². The molecule has 3 aromatic rings. The van der Waals surface area contributed by atoms with Crippen LogP contribution in [0.15, 0.2) is 42.5 Å². The molecule has 0 saturated heterocycles. The van der Waals surface area contributed by atoms with Crippen LogP contribution in [-0.4, -0.2) is 54.5 Å². The molecular weight excluding hydrogens is 506 g/mol. The van der Waals surface area contributed by atoms with E-state index >= 15 is 0 Å². The minimum absolute atomic E-state index is 0.0478. The molecule has 2 aliphatic rings. The van der Waals surface area contributed by atoms with Crippen molar-refractivity contribution >= 4 is 38.6 Å². The van der Waals surface area contributed by atoms with Gasteiger partial charge < -0.3 is 14.4 Å². The predicted molar refractivity (Wildman–Crippen MR) is 144 cm³/mol. The summed E-state index contributed by atoms with van der Waals surface area (Å²) in [6, 6.07) is 12.7. The van der Waals surface area contributed by atoms with Gasteiger partial charge in [0, 0.05) is 23.9 Å². The van der Waals surface area contributed by atoms with E-state index < -0.39 is 33.1 Å². The van der Waals surface area contributed by atoms with E-state index in [4.69, 9.17) is 9.72 Å². The minimum atomic E-state index is -3.62. The summed E-state index contributed by atoms with van der Waals surface area (Å²) in [5, 5.41) is 8.54. The second-order valence-corrected chi connectivity index (χ2v) is 12.6. The molecule has 1 amide bonds. The summed E-state index contributed by atoms with van der Waals surface area (Å²) in [5.74, 6) is -0.750. The lowest BCUT2D eigenvalue weighted by molar-refractivity contribution is -0.143. The molecule has 1 fully saturated rings. The van der Waals surface area contributed by atoms with Gasteiger partial charge in [0.25, 0.3) is 0 Å². The zero-order valence-corrected chi connectivity index (χ0v) is 22.6. The Labute approximate surface area is 222 Å². The molecule has 10 heteroatoms. The molecule has 5 rings (SSSR count). The summed E-state index contributed by atoms with van der Waals surface area (Å²) in [6.45, 7) is 1.98. The summed E-state index contributed by atoms with van der Waals surface area (Å²) in [7, 11) is -2.26. The number of fused-ring (bicyclic) bond motifs is 3. The molecule has 1 saturated carbocycles. The third-order valence-corrected chi connectivity index (χ3v) is 9.37. The number of imidazole rings is 1. The average molecular weight is 540 g/mol. The Morgan fingerprint density at radius 1 is 1.05 bits per heavy atom. The number of sulfone groups is 1. The van der Waals surface area contributed by atoms with Crippen molar-refractivity contribution < 1.29 is 27.9 Å². The van der Waals surface area contributed by atoms with E-state index in [1.807, 2.05) is 41.8 Å². The van der Waals surface area contributed by atoms with E-state index in [1.54, 1.807) is 17.0 Å². The van der Waals surface area contributed by atoms with Crippen molar-refractivity contribution in [3.63, 3.8) is 0 Å². The Morgan fingerprint density at radius 3 is 2.34 bits per heavy atom. The molecule has 2 heterocycles. The monoisotopic (exact) mass is 539 g/mol. The first-order valence-corrected chi connectivity index (χ1v) is 14.9. The SMILES string of the molecule is COC(=O)N1c2ccc3c(nc([C@@H](c4ccccc4)S(C)(=O)=O)n3C3CCC(C(=O)O)CC3)c2CCC1C. The van der Waals surface area contributed by atoms with Gasteiger partial charge >= 0.3 is 12.1 Å².